The number of nitrogens with zero attached hydrogens (tertiary/aromatic N) is 1. The molecule has 1 amide bonds. The summed E-state index contributed by atoms with van der Waals surface area (Å²) in [6.45, 7) is 2.12. The molecule has 1 aliphatic rings. The number of halogens is 2. The van der Waals surface area contributed by atoms with Gasteiger partial charge in [-0.2, -0.15) is 0 Å². The molecule has 1 saturated carbocycles. The highest BCUT2D eigenvalue weighted by molar-refractivity contribution is 7.14. The second-order valence-corrected chi connectivity index (χ2v) is 7.50. The lowest BCUT2D eigenvalue weighted by molar-refractivity contribution is -0.117. The summed E-state index contributed by atoms with van der Waals surface area (Å²) in [5, 5.41) is 5.28. The zero-order valence-corrected chi connectivity index (χ0v) is 13.7. The topological polar surface area (TPSA) is 42.0 Å². The Morgan fingerprint density at radius 1 is 1.43 bits per heavy atom. The lowest BCUT2D eigenvalue weighted by Gasteiger charge is -2.01. The van der Waals surface area contributed by atoms with E-state index in [-0.39, 0.29) is 11.8 Å². The highest BCUT2D eigenvalue weighted by Gasteiger charge is 2.56. The molecule has 110 valence electrons. The Kier molecular flexibility index (Phi) is 3.95. The Morgan fingerprint density at radius 3 is 2.67 bits per heavy atom. The van der Waals surface area contributed by atoms with Crippen molar-refractivity contribution in [2.45, 2.75) is 24.1 Å². The number of amides is 1. The number of alkyl halides is 2. The van der Waals surface area contributed by atoms with Crippen LogP contribution in [0.15, 0.2) is 29.6 Å². The van der Waals surface area contributed by atoms with Crippen LogP contribution in [0.3, 0.4) is 0 Å². The maximum Gasteiger partial charge on any atom is 0.232 e. The van der Waals surface area contributed by atoms with Gasteiger partial charge in [-0.25, -0.2) is 4.98 Å². The molecule has 1 aromatic carbocycles. The third kappa shape index (κ3) is 3.23. The van der Waals surface area contributed by atoms with Gasteiger partial charge < -0.3 is 5.32 Å². The number of hydrogen-bond acceptors (Lipinski definition) is 3. The molecule has 1 atom stereocenters. The molecule has 1 fully saturated rings. The number of aromatic nitrogens is 1. The Labute approximate surface area is 137 Å². The van der Waals surface area contributed by atoms with Gasteiger partial charge in [0, 0.05) is 10.9 Å². The van der Waals surface area contributed by atoms with Crippen molar-refractivity contribution < 1.29 is 4.79 Å². The Morgan fingerprint density at radius 2 is 2.10 bits per heavy atom. The molecule has 1 aliphatic carbocycles. The van der Waals surface area contributed by atoms with Crippen LogP contribution < -0.4 is 5.32 Å². The van der Waals surface area contributed by atoms with E-state index in [0.29, 0.717) is 11.6 Å². The van der Waals surface area contributed by atoms with Crippen LogP contribution in [0.1, 0.15) is 18.9 Å². The minimum absolute atomic E-state index is 0.165. The van der Waals surface area contributed by atoms with E-state index in [1.54, 1.807) is 0 Å². The summed E-state index contributed by atoms with van der Waals surface area (Å²) in [6, 6.07) is 8.27. The van der Waals surface area contributed by atoms with Crippen molar-refractivity contribution >= 4 is 45.6 Å². The highest BCUT2D eigenvalue weighted by Crippen LogP contribution is 2.53. The zero-order valence-electron chi connectivity index (χ0n) is 11.4. The van der Waals surface area contributed by atoms with E-state index in [1.807, 2.05) is 17.5 Å². The SMILES string of the molecule is CCc1ccc(-c2csc(NC(=O)[C@@H]3CC3(Cl)Cl)n2)cc1. The minimum Gasteiger partial charge on any atom is -0.302 e. The fraction of sp³-hybridized carbons (Fsp3) is 0.333. The van der Waals surface area contributed by atoms with Gasteiger partial charge in [-0.05, 0) is 18.4 Å². The van der Waals surface area contributed by atoms with Crippen LogP contribution in [-0.4, -0.2) is 15.2 Å². The average molecular weight is 341 g/mol. The molecule has 0 bridgehead atoms. The summed E-state index contributed by atoms with van der Waals surface area (Å²) in [5.41, 5.74) is 3.19. The number of rotatable bonds is 4. The van der Waals surface area contributed by atoms with Crippen molar-refractivity contribution in [1.82, 2.24) is 4.98 Å². The molecule has 3 nitrogen and oxygen atoms in total. The standard InChI is InChI=1S/C15H14Cl2N2OS/c1-2-9-3-5-10(6-4-9)12-8-21-14(18-12)19-13(20)11-7-15(11,16)17/h3-6,8,11H,2,7H2,1H3,(H,18,19,20)/t11-/m0/s1. The molecule has 0 radical (unpaired) electrons. The number of benzene rings is 1. The third-order valence-electron chi connectivity index (χ3n) is 3.53. The first-order chi connectivity index (χ1) is 9.99. The summed E-state index contributed by atoms with van der Waals surface area (Å²) in [6.07, 6.45) is 1.51. The van der Waals surface area contributed by atoms with Crippen LogP contribution in [0.2, 0.25) is 0 Å². The molecule has 0 unspecified atom stereocenters. The molecule has 0 spiro atoms. The van der Waals surface area contributed by atoms with E-state index in [2.05, 4.69) is 29.4 Å². The molecule has 0 aliphatic heterocycles. The van der Waals surface area contributed by atoms with Crippen molar-refractivity contribution in [1.29, 1.82) is 0 Å². The predicted molar refractivity (Wildman–Crippen MR) is 88.1 cm³/mol. The van der Waals surface area contributed by atoms with Gasteiger partial charge in [0.2, 0.25) is 5.91 Å². The van der Waals surface area contributed by atoms with Gasteiger partial charge in [0.25, 0.3) is 0 Å². The van der Waals surface area contributed by atoms with Crippen molar-refractivity contribution in [2.75, 3.05) is 5.32 Å². The molecule has 6 heteroatoms. The lowest BCUT2D eigenvalue weighted by Crippen LogP contribution is -2.16. The molecule has 0 saturated heterocycles. The predicted octanol–water partition coefficient (Wildman–Crippen LogP) is 4.50. The van der Waals surface area contributed by atoms with Crippen molar-refractivity contribution in [3.8, 4) is 11.3 Å². The van der Waals surface area contributed by atoms with Crippen molar-refractivity contribution in [2.24, 2.45) is 5.92 Å². The van der Waals surface area contributed by atoms with Crippen molar-refractivity contribution in [3.63, 3.8) is 0 Å². The van der Waals surface area contributed by atoms with E-state index in [1.165, 1.54) is 16.9 Å². The Bertz CT molecular complexity index is 667. The summed E-state index contributed by atoms with van der Waals surface area (Å²) in [5.74, 6) is -0.501. The van der Waals surface area contributed by atoms with Gasteiger partial charge in [0.1, 0.15) is 4.33 Å². The van der Waals surface area contributed by atoms with Gasteiger partial charge in [-0.15, -0.1) is 34.5 Å². The number of nitrogens with one attached hydrogen (secondary N) is 1. The maximum atomic E-state index is 11.9. The summed E-state index contributed by atoms with van der Waals surface area (Å²) in [4.78, 5) is 16.3. The zero-order chi connectivity index (χ0) is 15.0. The first kappa shape index (κ1) is 14.8. The van der Waals surface area contributed by atoms with E-state index in [0.717, 1.165) is 17.7 Å². The van der Waals surface area contributed by atoms with E-state index in [9.17, 15) is 4.79 Å². The number of hydrogen-bond donors (Lipinski definition) is 1. The summed E-state index contributed by atoms with van der Waals surface area (Å²) < 4.78 is -0.903. The first-order valence-corrected chi connectivity index (χ1v) is 8.36. The van der Waals surface area contributed by atoms with Gasteiger partial charge >= 0.3 is 0 Å². The van der Waals surface area contributed by atoms with Gasteiger partial charge in [-0.3, -0.25) is 4.79 Å². The molecule has 1 aromatic heterocycles. The normalized spacial score (nSPS) is 19.3. The fourth-order valence-corrected chi connectivity index (χ4v) is 3.29. The molecule has 1 N–H and O–H groups in total. The molecule has 2 aromatic rings. The van der Waals surface area contributed by atoms with Crippen LogP contribution in [-0.2, 0) is 11.2 Å². The summed E-state index contributed by atoms with van der Waals surface area (Å²) >= 11 is 13.2. The number of carbonyl (C=O) groups is 1. The average Bonchev–Trinajstić information content (AvgIpc) is 2.90. The smallest absolute Gasteiger partial charge is 0.232 e. The van der Waals surface area contributed by atoms with Gasteiger partial charge in [-0.1, -0.05) is 31.2 Å². The van der Waals surface area contributed by atoms with E-state index < -0.39 is 4.33 Å². The second-order valence-electron chi connectivity index (χ2n) is 5.10. The third-order valence-corrected chi connectivity index (χ3v) is 5.13. The van der Waals surface area contributed by atoms with Crippen LogP contribution in [0.4, 0.5) is 5.13 Å². The van der Waals surface area contributed by atoms with Crippen LogP contribution in [0.5, 0.6) is 0 Å². The molecular formula is C15H14Cl2N2OS. The molecule has 1 heterocycles. The Hall–Kier alpha value is -1.10. The van der Waals surface area contributed by atoms with E-state index in [4.69, 9.17) is 23.2 Å². The summed E-state index contributed by atoms with van der Waals surface area (Å²) in [7, 11) is 0. The number of carbonyl (C=O) groups excluding carboxylic acids is 1. The second kappa shape index (κ2) is 5.59. The van der Waals surface area contributed by atoms with Gasteiger partial charge in [0.05, 0.1) is 11.6 Å². The maximum absolute atomic E-state index is 11.9. The number of aryl methyl sites for hydroxylation is 1. The lowest BCUT2D eigenvalue weighted by atomic mass is 10.1. The number of anilines is 1. The van der Waals surface area contributed by atoms with Crippen LogP contribution >= 0.6 is 34.5 Å². The van der Waals surface area contributed by atoms with Crippen LogP contribution in [0, 0.1) is 5.92 Å². The van der Waals surface area contributed by atoms with E-state index >= 15 is 0 Å². The number of thiazole rings is 1. The monoisotopic (exact) mass is 340 g/mol. The van der Waals surface area contributed by atoms with Gasteiger partial charge in [0.15, 0.2) is 5.13 Å². The van der Waals surface area contributed by atoms with Crippen molar-refractivity contribution in [3.05, 3.63) is 35.2 Å². The largest absolute Gasteiger partial charge is 0.302 e. The highest BCUT2D eigenvalue weighted by atomic mass is 35.5. The Balaban J connectivity index is 1.69. The fourth-order valence-electron chi connectivity index (χ4n) is 2.07. The quantitative estimate of drug-likeness (QED) is 0.832. The molecule has 3 rings (SSSR count). The minimum atomic E-state index is -0.903. The molecule has 21 heavy (non-hydrogen) atoms. The van der Waals surface area contributed by atoms with Crippen LogP contribution in [0.25, 0.3) is 11.3 Å². The first-order valence-electron chi connectivity index (χ1n) is 6.73. The molecular weight excluding hydrogens is 327 g/mol.